The Morgan fingerprint density at radius 3 is 2.77 bits per heavy atom. The van der Waals surface area contributed by atoms with Crippen LogP contribution in [0.2, 0.25) is 5.02 Å². The smallest absolute Gasteiger partial charge is 0.270 e. The zero-order valence-corrected chi connectivity index (χ0v) is 16.5. The van der Waals surface area contributed by atoms with Crippen LogP contribution in [0.15, 0.2) is 30.3 Å². The highest BCUT2D eigenvalue weighted by atomic mass is 35.5. The molecule has 4 rings (SSSR count). The Kier molecular flexibility index (Phi) is 5.16. The molecule has 0 radical (unpaired) electrons. The lowest BCUT2D eigenvalue weighted by molar-refractivity contribution is 0.0996. The summed E-state index contributed by atoms with van der Waals surface area (Å²) in [5.74, 6) is 2.49. The number of thiophene rings is 1. The molecule has 134 valence electrons. The zero-order chi connectivity index (χ0) is 18.1. The van der Waals surface area contributed by atoms with E-state index in [0.717, 1.165) is 38.4 Å². The molecule has 1 atom stereocenters. The van der Waals surface area contributed by atoms with Crippen molar-refractivity contribution in [2.45, 2.75) is 19.3 Å². The average molecular weight is 404 g/mol. The maximum Gasteiger partial charge on any atom is 0.270 e. The number of nitrogens with zero attached hydrogens (tertiary/aromatic N) is 2. The number of primary amides is 1. The van der Waals surface area contributed by atoms with Crippen molar-refractivity contribution < 1.29 is 4.79 Å². The van der Waals surface area contributed by atoms with Crippen molar-refractivity contribution in [1.29, 1.82) is 0 Å². The molecule has 2 N–H and O–H groups in total. The van der Waals surface area contributed by atoms with Crippen LogP contribution in [0.4, 0.5) is 0 Å². The first-order chi connectivity index (χ1) is 12.6. The van der Waals surface area contributed by atoms with E-state index < -0.39 is 5.91 Å². The number of rotatable bonds is 4. The molecule has 1 aliphatic heterocycles. The van der Waals surface area contributed by atoms with Crippen LogP contribution in [0.1, 0.15) is 29.0 Å². The molecule has 1 unspecified atom stereocenters. The number of hydrogen-bond donors (Lipinski definition) is 1. The number of hydrogen-bond acceptors (Lipinski definition) is 5. The van der Waals surface area contributed by atoms with Gasteiger partial charge in [0.2, 0.25) is 0 Å². The summed E-state index contributed by atoms with van der Waals surface area (Å²) in [6.45, 7) is 0. The van der Waals surface area contributed by atoms with Crippen LogP contribution < -0.4 is 5.73 Å². The number of fused-ring (bicyclic) bond motifs is 1. The summed E-state index contributed by atoms with van der Waals surface area (Å²) in [4.78, 5) is 12.9. The number of thioether (sulfide) groups is 1. The molecule has 0 saturated carbocycles. The van der Waals surface area contributed by atoms with Crippen molar-refractivity contribution in [3.63, 3.8) is 0 Å². The van der Waals surface area contributed by atoms with Crippen LogP contribution in [0.5, 0.6) is 0 Å². The van der Waals surface area contributed by atoms with E-state index in [2.05, 4.69) is 16.3 Å². The summed E-state index contributed by atoms with van der Waals surface area (Å²) in [5.41, 5.74) is 7.81. The van der Waals surface area contributed by atoms with E-state index in [1.54, 1.807) is 0 Å². The molecule has 1 aromatic carbocycles. The maximum atomic E-state index is 11.8. The van der Waals surface area contributed by atoms with Crippen LogP contribution in [0.25, 0.3) is 20.5 Å². The van der Waals surface area contributed by atoms with Gasteiger partial charge in [-0.05, 0) is 60.4 Å². The number of halogens is 1. The molecule has 26 heavy (non-hydrogen) atoms. The SMILES string of the molecule is NC(=O)c1nnc(CC2CCCSC2)c2cc(-c3ccc(Cl)cc3)sc12. The first kappa shape index (κ1) is 17.8. The van der Waals surface area contributed by atoms with E-state index in [0.29, 0.717) is 10.9 Å². The lowest BCUT2D eigenvalue weighted by Gasteiger charge is -2.20. The number of aromatic nitrogens is 2. The highest BCUT2D eigenvalue weighted by Crippen LogP contribution is 2.37. The molecule has 1 fully saturated rings. The van der Waals surface area contributed by atoms with Gasteiger partial charge >= 0.3 is 0 Å². The van der Waals surface area contributed by atoms with E-state index in [9.17, 15) is 4.79 Å². The molecule has 2 aromatic heterocycles. The monoisotopic (exact) mass is 403 g/mol. The molecule has 4 nitrogen and oxygen atoms in total. The van der Waals surface area contributed by atoms with E-state index in [1.807, 2.05) is 36.0 Å². The van der Waals surface area contributed by atoms with Gasteiger partial charge in [-0.1, -0.05) is 23.7 Å². The van der Waals surface area contributed by atoms with Crippen LogP contribution in [-0.2, 0) is 6.42 Å². The van der Waals surface area contributed by atoms with Gasteiger partial charge in [0.25, 0.3) is 5.91 Å². The fourth-order valence-electron chi connectivity index (χ4n) is 3.30. The zero-order valence-electron chi connectivity index (χ0n) is 14.1. The summed E-state index contributed by atoms with van der Waals surface area (Å²) in [6, 6.07) is 9.81. The second-order valence-electron chi connectivity index (χ2n) is 6.51. The first-order valence-corrected chi connectivity index (χ1v) is 10.9. The third-order valence-electron chi connectivity index (χ3n) is 4.63. The maximum absolute atomic E-state index is 11.8. The van der Waals surface area contributed by atoms with Crippen LogP contribution in [0.3, 0.4) is 0 Å². The molecular formula is C19H18ClN3OS2. The topological polar surface area (TPSA) is 68.9 Å². The Bertz CT molecular complexity index is 949. The van der Waals surface area contributed by atoms with Gasteiger partial charge in [-0.2, -0.15) is 16.9 Å². The van der Waals surface area contributed by atoms with E-state index in [1.165, 1.54) is 29.9 Å². The number of carbonyl (C=O) groups is 1. The van der Waals surface area contributed by atoms with Gasteiger partial charge in [-0.25, -0.2) is 0 Å². The number of nitrogens with two attached hydrogens (primary N) is 1. The fraction of sp³-hybridized carbons (Fsp3) is 0.316. The molecule has 0 bridgehead atoms. The minimum Gasteiger partial charge on any atom is -0.364 e. The standard InChI is InChI=1S/C19H18ClN3OS2/c20-13-5-3-12(4-6-13)16-9-14-15(8-11-2-1-7-25-10-11)22-23-17(19(21)24)18(14)26-16/h3-6,9,11H,1-2,7-8,10H2,(H2,21,24). The Balaban J connectivity index is 1.78. The molecular weight excluding hydrogens is 386 g/mol. The Morgan fingerprint density at radius 2 is 2.08 bits per heavy atom. The lowest BCUT2D eigenvalue weighted by Crippen LogP contribution is -2.17. The molecule has 0 spiro atoms. The van der Waals surface area contributed by atoms with Crippen LogP contribution >= 0.6 is 34.7 Å². The van der Waals surface area contributed by atoms with Gasteiger partial charge in [0.1, 0.15) is 0 Å². The quantitative estimate of drug-likeness (QED) is 0.679. The summed E-state index contributed by atoms with van der Waals surface area (Å²) in [6.07, 6.45) is 3.37. The molecule has 1 saturated heterocycles. The normalized spacial score (nSPS) is 17.5. The summed E-state index contributed by atoms with van der Waals surface area (Å²) in [5, 5.41) is 10.2. The Labute approximate surface area is 165 Å². The first-order valence-electron chi connectivity index (χ1n) is 8.54. The van der Waals surface area contributed by atoms with Gasteiger partial charge in [0.05, 0.1) is 10.4 Å². The van der Waals surface area contributed by atoms with Crippen molar-refractivity contribution in [3.05, 3.63) is 46.7 Å². The van der Waals surface area contributed by atoms with Crippen LogP contribution in [0, 0.1) is 5.92 Å². The Morgan fingerprint density at radius 1 is 1.27 bits per heavy atom. The molecule has 0 aliphatic carbocycles. The summed E-state index contributed by atoms with van der Waals surface area (Å²) in [7, 11) is 0. The second-order valence-corrected chi connectivity index (χ2v) is 9.15. The molecule has 3 heterocycles. The van der Waals surface area contributed by atoms with Crippen molar-refractivity contribution in [1.82, 2.24) is 10.2 Å². The van der Waals surface area contributed by atoms with E-state index >= 15 is 0 Å². The third kappa shape index (κ3) is 3.59. The van der Waals surface area contributed by atoms with Crippen molar-refractivity contribution in [2.75, 3.05) is 11.5 Å². The van der Waals surface area contributed by atoms with E-state index in [-0.39, 0.29) is 5.69 Å². The van der Waals surface area contributed by atoms with Gasteiger partial charge in [0.15, 0.2) is 5.69 Å². The highest BCUT2D eigenvalue weighted by molar-refractivity contribution is 7.99. The Hall–Kier alpha value is -1.63. The van der Waals surface area contributed by atoms with Crippen molar-refractivity contribution in [3.8, 4) is 10.4 Å². The fourth-order valence-corrected chi connectivity index (χ4v) is 5.76. The minimum atomic E-state index is -0.535. The van der Waals surface area contributed by atoms with Crippen molar-refractivity contribution in [2.24, 2.45) is 11.7 Å². The highest BCUT2D eigenvalue weighted by Gasteiger charge is 2.21. The van der Waals surface area contributed by atoms with Crippen molar-refractivity contribution >= 4 is 50.7 Å². The predicted octanol–water partition coefficient (Wildman–Crippen LogP) is 4.80. The molecule has 1 amide bonds. The minimum absolute atomic E-state index is 0.256. The van der Waals surface area contributed by atoms with Crippen LogP contribution in [-0.4, -0.2) is 27.6 Å². The predicted molar refractivity (Wildman–Crippen MR) is 110 cm³/mol. The van der Waals surface area contributed by atoms with Gasteiger partial charge in [-0.15, -0.1) is 16.4 Å². The summed E-state index contributed by atoms with van der Waals surface area (Å²) < 4.78 is 0.830. The lowest BCUT2D eigenvalue weighted by atomic mass is 9.97. The third-order valence-corrected chi connectivity index (χ3v) is 7.35. The number of benzene rings is 1. The number of carbonyl (C=O) groups excluding carboxylic acids is 1. The molecule has 7 heteroatoms. The number of amides is 1. The largest absolute Gasteiger partial charge is 0.364 e. The molecule has 1 aliphatic rings. The second kappa shape index (κ2) is 7.55. The van der Waals surface area contributed by atoms with Gasteiger partial charge in [-0.3, -0.25) is 4.79 Å². The van der Waals surface area contributed by atoms with Gasteiger partial charge in [0, 0.05) is 15.3 Å². The van der Waals surface area contributed by atoms with E-state index in [4.69, 9.17) is 17.3 Å². The summed E-state index contributed by atoms with van der Waals surface area (Å²) >= 11 is 9.54. The average Bonchev–Trinajstić information content (AvgIpc) is 3.09. The van der Waals surface area contributed by atoms with Gasteiger partial charge < -0.3 is 5.73 Å². The molecule has 3 aromatic rings.